The molecule has 0 aliphatic rings. The van der Waals surface area contributed by atoms with E-state index in [0.717, 1.165) is 41.9 Å². The molecule has 31 heavy (non-hydrogen) atoms. The van der Waals surface area contributed by atoms with Crippen LogP contribution in [0.1, 0.15) is 39.4 Å². The molecular formula is C21H23N5O3S2. The Balaban J connectivity index is 1.53. The van der Waals surface area contributed by atoms with Crippen molar-refractivity contribution in [2.75, 3.05) is 5.75 Å². The van der Waals surface area contributed by atoms with Crippen molar-refractivity contribution in [3.8, 4) is 11.3 Å². The van der Waals surface area contributed by atoms with Gasteiger partial charge in [0, 0.05) is 27.8 Å². The zero-order valence-electron chi connectivity index (χ0n) is 16.7. The Labute approximate surface area is 187 Å². The number of unbranched alkanes of at least 4 members (excludes halogenated alkanes) is 2. The second-order valence-electron chi connectivity index (χ2n) is 6.76. The minimum atomic E-state index is -0.876. The lowest BCUT2D eigenvalue weighted by atomic mass is 10.1. The molecule has 0 spiro atoms. The van der Waals surface area contributed by atoms with Gasteiger partial charge in [0.2, 0.25) is 0 Å². The van der Waals surface area contributed by atoms with Gasteiger partial charge in [0.15, 0.2) is 5.16 Å². The summed E-state index contributed by atoms with van der Waals surface area (Å²) in [5.74, 6) is 5.40. The average molecular weight is 458 g/mol. The third kappa shape index (κ3) is 6.43. The Bertz CT molecular complexity index is 1140. The summed E-state index contributed by atoms with van der Waals surface area (Å²) in [6.45, 7) is 0. The van der Waals surface area contributed by atoms with Crippen LogP contribution in [0.5, 0.6) is 0 Å². The summed E-state index contributed by atoms with van der Waals surface area (Å²) in [5, 5.41) is 13.0. The van der Waals surface area contributed by atoms with Gasteiger partial charge >= 0.3 is 5.97 Å². The molecule has 162 valence electrons. The Morgan fingerprint density at radius 2 is 2.03 bits per heavy atom. The van der Waals surface area contributed by atoms with Crippen LogP contribution in [0.25, 0.3) is 11.3 Å². The minimum absolute atomic E-state index is 0.211. The van der Waals surface area contributed by atoms with Gasteiger partial charge in [-0.05, 0) is 37.5 Å². The summed E-state index contributed by atoms with van der Waals surface area (Å²) in [6, 6.07) is 12.2. The number of hydrazone groups is 1. The summed E-state index contributed by atoms with van der Waals surface area (Å²) >= 11 is 2.83. The van der Waals surface area contributed by atoms with Crippen LogP contribution in [-0.2, 0) is 6.42 Å². The molecule has 2 aromatic heterocycles. The summed E-state index contributed by atoms with van der Waals surface area (Å²) in [5.41, 5.74) is 7.53. The molecule has 3 aromatic rings. The number of nitrogens with two attached hydrogens (primary N) is 2. The van der Waals surface area contributed by atoms with Gasteiger partial charge in [0.05, 0.1) is 5.69 Å². The van der Waals surface area contributed by atoms with Gasteiger partial charge < -0.3 is 21.7 Å². The van der Waals surface area contributed by atoms with Crippen molar-refractivity contribution in [2.24, 2.45) is 16.7 Å². The number of benzene rings is 1. The SMILES string of the molecule is N/N=C(\N)c1cccc(-c2cc(=O)[nH]c(SCCCCCc3ccc(C(=O)O)s3)n2)c1. The number of aromatic amines is 1. The highest BCUT2D eigenvalue weighted by molar-refractivity contribution is 7.99. The molecule has 0 amide bonds. The molecule has 6 N–H and O–H groups in total. The number of thioether (sulfide) groups is 1. The molecule has 3 rings (SSSR count). The fourth-order valence-corrected chi connectivity index (χ4v) is 4.70. The van der Waals surface area contributed by atoms with Crippen molar-refractivity contribution in [1.82, 2.24) is 9.97 Å². The monoisotopic (exact) mass is 457 g/mol. The van der Waals surface area contributed by atoms with Gasteiger partial charge in [-0.2, -0.15) is 5.10 Å². The van der Waals surface area contributed by atoms with Crippen LogP contribution in [-0.4, -0.2) is 32.6 Å². The quantitative estimate of drug-likeness (QED) is 0.0694. The van der Waals surface area contributed by atoms with Crippen molar-refractivity contribution in [1.29, 1.82) is 0 Å². The molecule has 0 unspecified atom stereocenters. The van der Waals surface area contributed by atoms with E-state index < -0.39 is 5.97 Å². The van der Waals surface area contributed by atoms with E-state index in [4.69, 9.17) is 16.7 Å². The van der Waals surface area contributed by atoms with E-state index in [1.54, 1.807) is 18.2 Å². The Hall–Kier alpha value is -3.11. The van der Waals surface area contributed by atoms with Gasteiger partial charge in [-0.25, -0.2) is 9.78 Å². The first-order valence-electron chi connectivity index (χ1n) is 9.66. The number of thiophene rings is 1. The van der Waals surface area contributed by atoms with E-state index in [-0.39, 0.29) is 11.4 Å². The van der Waals surface area contributed by atoms with Gasteiger partial charge in [-0.15, -0.1) is 11.3 Å². The predicted octanol–water partition coefficient (Wildman–Crippen LogP) is 3.28. The number of nitrogens with zero attached hydrogens (tertiary/aromatic N) is 2. The number of aromatic nitrogens is 2. The predicted molar refractivity (Wildman–Crippen MR) is 125 cm³/mol. The van der Waals surface area contributed by atoms with E-state index in [9.17, 15) is 9.59 Å². The molecule has 0 saturated heterocycles. The highest BCUT2D eigenvalue weighted by atomic mass is 32.2. The molecule has 0 atom stereocenters. The lowest BCUT2D eigenvalue weighted by molar-refractivity contribution is 0.0702. The molecule has 0 fully saturated rings. The Morgan fingerprint density at radius 3 is 2.77 bits per heavy atom. The topological polar surface area (TPSA) is 147 Å². The van der Waals surface area contributed by atoms with Gasteiger partial charge in [0.1, 0.15) is 10.7 Å². The fraction of sp³-hybridized carbons (Fsp3) is 0.238. The zero-order valence-corrected chi connectivity index (χ0v) is 18.3. The second-order valence-corrected chi connectivity index (χ2v) is 9.01. The van der Waals surface area contributed by atoms with Crippen molar-refractivity contribution in [3.63, 3.8) is 0 Å². The molecule has 10 heteroatoms. The lowest BCUT2D eigenvalue weighted by Crippen LogP contribution is -2.15. The summed E-state index contributed by atoms with van der Waals surface area (Å²) in [6.07, 6.45) is 3.84. The average Bonchev–Trinajstić information content (AvgIpc) is 3.24. The number of carboxylic acids is 1. The molecule has 1 aromatic carbocycles. The van der Waals surface area contributed by atoms with Crippen LogP contribution >= 0.6 is 23.1 Å². The molecule has 0 radical (unpaired) electrons. The highest BCUT2D eigenvalue weighted by Gasteiger charge is 2.08. The summed E-state index contributed by atoms with van der Waals surface area (Å²) in [4.78, 5) is 31.8. The van der Waals surface area contributed by atoms with E-state index >= 15 is 0 Å². The molecule has 0 saturated carbocycles. The van der Waals surface area contributed by atoms with Crippen LogP contribution in [0.2, 0.25) is 0 Å². The van der Waals surface area contributed by atoms with Crippen LogP contribution in [0.15, 0.2) is 57.5 Å². The van der Waals surface area contributed by atoms with Gasteiger partial charge in [-0.3, -0.25) is 4.79 Å². The van der Waals surface area contributed by atoms with E-state index in [2.05, 4.69) is 15.1 Å². The number of aryl methyl sites for hydroxylation is 1. The van der Waals surface area contributed by atoms with Crippen molar-refractivity contribution in [2.45, 2.75) is 30.8 Å². The number of hydrogen-bond acceptors (Lipinski definition) is 7. The van der Waals surface area contributed by atoms with E-state index in [0.29, 0.717) is 21.3 Å². The fourth-order valence-electron chi connectivity index (χ4n) is 2.94. The summed E-state index contributed by atoms with van der Waals surface area (Å²) in [7, 11) is 0. The number of carboxylic acid groups (broad SMARTS) is 1. The zero-order chi connectivity index (χ0) is 22.2. The Morgan fingerprint density at radius 1 is 1.19 bits per heavy atom. The minimum Gasteiger partial charge on any atom is -0.477 e. The van der Waals surface area contributed by atoms with E-state index in [1.165, 1.54) is 29.2 Å². The molecular weight excluding hydrogens is 434 g/mol. The maximum absolute atomic E-state index is 12.1. The number of amidine groups is 1. The van der Waals surface area contributed by atoms with Gasteiger partial charge in [-0.1, -0.05) is 36.4 Å². The lowest BCUT2D eigenvalue weighted by Gasteiger charge is -2.06. The third-order valence-corrected chi connectivity index (χ3v) is 6.58. The van der Waals surface area contributed by atoms with E-state index in [1.807, 2.05) is 18.2 Å². The van der Waals surface area contributed by atoms with Crippen LogP contribution in [0.4, 0.5) is 0 Å². The van der Waals surface area contributed by atoms with Crippen molar-refractivity contribution in [3.05, 3.63) is 68.1 Å². The molecule has 2 heterocycles. The molecule has 0 aliphatic carbocycles. The first-order valence-corrected chi connectivity index (χ1v) is 11.5. The Kier molecular flexibility index (Phi) is 7.85. The largest absolute Gasteiger partial charge is 0.477 e. The van der Waals surface area contributed by atoms with Crippen LogP contribution < -0.4 is 17.1 Å². The van der Waals surface area contributed by atoms with Crippen molar-refractivity contribution < 1.29 is 9.90 Å². The van der Waals surface area contributed by atoms with Gasteiger partial charge in [0.25, 0.3) is 5.56 Å². The normalized spacial score (nSPS) is 11.5. The third-order valence-electron chi connectivity index (χ3n) is 4.49. The number of carbonyl (C=O) groups is 1. The van der Waals surface area contributed by atoms with Crippen molar-refractivity contribution >= 4 is 34.9 Å². The standard InChI is InChI=1S/C21H23N5O3S2/c22-19(26-23)14-6-4-5-13(11-14)16-12-18(27)25-21(24-16)30-10-3-1-2-7-15-8-9-17(31-15)20(28)29/h4-6,8-9,11-12H,1-3,7,10,23H2,(H2,22,26)(H,28,29)(H,24,25,27). The first kappa shape index (κ1) is 22.6. The first-order chi connectivity index (χ1) is 15.0. The molecule has 0 aliphatic heterocycles. The number of nitrogens with one attached hydrogen (secondary N) is 1. The van der Waals surface area contributed by atoms with Crippen LogP contribution in [0, 0.1) is 0 Å². The smallest absolute Gasteiger partial charge is 0.345 e. The summed E-state index contributed by atoms with van der Waals surface area (Å²) < 4.78 is 0. The number of hydrogen-bond donors (Lipinski definition) is 4. The second kappa shape index (κ2) is 10.8. The number of aromatic carboxylic acids is 1. The number of rotatable bonds is 10. The maximum atomic E-state index is 12.1. The van der Waals surface area contributed by atoms with Crippen LogP contribution in [0.3, 0.4) is 0 Å². The number of H-pyrrole nitrogens is 1. The maximum Gasteiger partial charge on any atom is 0.345 e. The highest BCUT2D eigenvalue weighted by Crippen LogP contribution is 2.22. The molecule has 0 bridgehead atoms. The molecule has 8 nitrogen and oxygen atoms in total.